The maximum Gasteiger partial charge on any atom is 0.440 e. The van der Waals surface area contributed by atoms with E-state index >= 15 is 0 Å². The van der Waals surface area contributed by atoms with E-state index in [0.717, 1.165) is 23.5 Å². The third kappa shape index (κ3) is 3.40. The molecule has 2 aromatic carbocycles. The van der Waals surface area contributed by atoms with Crippen LogP contribution in [0.3, 0.4) is 0 Å². The smallest absolute Gasteiger partial charge is 0.440 e. The normalized spacial score (nSPS) is 14.8. The second-order valence-electron chi connectivity index (χ2n) is 7.06. The Hall–Kier alpha value is -1.87. The maximum atomic E-state index is 5.82. The second-order valence-corrected chi connectivity index (χ2v) is 7.72. The quantitative estimate of drug-likeness (QED) is 0.590. The highest BCUT2D eigenvalue weighted by Crippen LogP contribution is 2.29. The number of fused-ring (bicyclic) bond motifs is 1. The molecule has 0 radical (unpaired) electrons. The van der Waals surface area contributed by atoms with Gasteiger partial charge in [0.1, 0.15) is 0 Å². The number of ketones is 1. The van der Waals surface area contributed by atoms with Crippen LogP contribution in [-0.4, -0.2) is 15.8 Å². The van der Waals surface area contributed by atoms with Gasteiger partial charge in [-0.05, 0) is 34.9 Å². The summed E-state index contributed by atoms with van der Waals surface area (Å²) in [6, 6.07) is 13.2. The highest BCUT2D eigenvalue weighted by atomic mass is 28.2. The molecule has 0 amide bonds. The van der Waals surface area contributed by atoms with Crippen molar-refractivity contribution in [1.82, 2.24) is 0 Å². The third-order valence-corrected chi connectivity index (χ3v) is 4.83. The number of rotatable bonds is 3. The molecule has 0 fully saturated rings. The Bertz CT molecular complexity index is 782. The average Bonchev–Trinajstić information content (AvgIpc) is 2.54. The highest BCUT2D eigenvalue weighted by molar-refractivity contribution is 6.22. The van der Waals surface area contributed by atoms with Gasteiger partial charge in [0, 0.05) is 5.41 Å². The lowest BCUT2D eigenvalue weighted by molar-refractivity contribution is -0.109. The standard InChI is InChI=1S/C20H24O2Si/c1-5-7-14-8-6-9-15-12-16(10-11-17(14)15)18-13-19(20(2,3)4)22-23-21-18/h6,8-13,23H,5,7H2,1-4H3. The lowest BCUT2D eigenvalue weighted by atomic mass is 9.92. The predicted octanol–water partition coefficient (Wildman–Crippen LogP) is 4.74. The van der Waals surface area contributed by atoms with Crippen LogP contribution in [0, 0.1) is 5.41 Å². The van der Waals surface area contributed by atoms with Crippen LogP contribution in [0.4, 0.5) is 0 Å². The molecular formula is C20H24O2Si. The van der Waals surface area contributed by atoms with Gasteiger partial charge in [-0.3, -0.25) is 0 Å². The monoisotopic (exact) mass is 324 g/mol. The summed E-state index contributed by atoms with van der Waals surface area (Å²) < 4.78 is 11.6. The van der Waals surface area contributed by atoms with E-state index in [1.165, 1.54) is 22.8 Å². The van der Waals surface area contributed by atoms with Crippen LogP contribution in [0.1, 0.15) is 49.4 Å². The Morgan fingerprint density at radius 2 is 1.96 bits per heavy atom. The molecule has 0 N–H and O–H groups in total. The van der Waals surface area contributed by atoms with Crippen molar-refractivity contribution in [3.8, 4) is 0 Å². The van der Waals surface area contributed by atoms with Gasteiger partial charge in [0.25, 0.3) is 5.78 Å². The first-order valence-corrected chi connectivity index (χ1v) is 9.19. The summed E-state index contributed by atoms with van der Waals surface area (Å²) in [4.78, 5) is 0. The van der Waals surface area contributed by atoms with Crippen molar-refractivity contribution in [2.75, 3.05) is 0 Å². The van der Waals surface area contributed by atoms with Gasteiger partial charge in [-0.25, -0.2) is 0 Å². The summed E-state index contributed by atoms with van der Waals surface area (Å²) in [5.74, 6) is 1.94. The summed E-state index contributed by atoms with van der Waals surface area (Å²) in [7, 11) is -0.476. The van der Waals surface area contributed by atoms with Crippen molar-refractivity contribution in [2.24, 2.45) is 5.41 Å². The summed E-state index contributed by atoms with van der Waals surface area (Å²) in [6.07, 6.45) is 4.34. The molecule has 0 saturated carbocycles. The molecule has 0 atom stereocenters. The van der Waals surface area contributed by atoms with Crippen LogP contribution in [-0.2, 0) is 10.8 Å². The maximum absolute atomic E-state index is 5.82. The number of hydrogen-bond acceptors (Lipinski definition) is 1. The fourth-order valence-corrected chi connectivity index (χ4v) is 3.73. The number of carbonyl (C=O) groups excluding carboxylic acids is 1. The van der Waals surface area contributed by atoms with E-state index in [2.05, 4.69) is 64.1 Å². The van der Waals surface area contributed by atoms with E-state index in [9.17, 15) is 0 Å². The summed E-state index contributed by atoms with van der Waals surface area (Å²) >= 11 is 0. The van der Waals surface area contributed by atoms with E-state index in [0.29, 0.717) is 0 Å². The van der Waals surface area contributed by atoms with Crippen molar-refractivity contribution in [1.29, 1.82) is 0 Å². The van der Waals surface area contributed by atoms with Gasteiger partial charge >= 0.3 is 10.0 Å². The van der Waals surface area contributed by atoms with Gasteiger partial charge < -0.3 is 8.54 Å². The van der Waals surface area contributed by atoms with Crippen molar-refractivity contribution in [2.45, 2.75) is 40.5 Å². The molecule has 2 nitrogen and oxygen atoms in total. The first-order valence-electron chi connectivity index (χ1n) is 8.25. The molecular weight excluding hydrogens is 300 g/mol. The zero-order chi connectivity index (χ0) is 16.4. The van der Waals surface area contributed by atoms with E-state index in [-0.39, 0.29) is 5.41 Å². The lowest BCUT2D eigenvalue weighted by Gasteiger charge is -2.26. The Morgan fingerprint density at radius 1 is 1.13 bits per heavy atom. The number of allylic oxidation sites excluding steroid dienone is 2. The molecule has 23 heavy (non-hydrogen) atoms. The van der Waals surface area contributed by atoms with Gasteiger partial charge in [-0.1, -0.05) is 58.4 Å². The van der Waals surface area contributed by atoms with Crippen molar-refractivity contribution < 1.29 is 8.54 Å². The van der Waals surface area contributed by atoms with Crippen molar-refractivity contribution in [3.63, 3.8) is 0 Å². The molecule has 1 heterocycles. The summed E-state index contributed by atoms with van der Waals surface area (Å²) in [6.45, 7) is 8.72. The highest BCUT2D eigenvalue weighted by Gasteiger charge is 2.24. The molecule has 1 aliphatic heterocycles. The Balaban J connectivity index is 2.01. The van der Waals surface area contributed by atoms with E-state index < -0.39 is 10.0 Å². The molecule has 0 aliphatic carbocycles. The molecule has 0 spiro atoms. The van der Waals surface area contributed by atoms with Gasteiger partial charge in [-0.2, -0.15) is 0 Å². The minimum Gasteiger partial charge on any atom is -0.621 e. The fraction of sp³-hybridized carbons (Fsp3) is 0.350. The average molecular weight is 324 g/mol. The minimum atomic E-state index is -0.476. The molecule has 0 unspecified atom stereocenters. The first kappa shape index (κ1) is 16.0. The van der Waals surface area contributed by atoms with Gasteiger partial charge in [-0.15, -0.1) is 0 Å². The molecule has 1 aliphatic rings. The molecule has 3 rings (SSSR count). The largest absolute Gasteiger partial charge is 0.621 e. The Labute approximate surface area is 140 Å². The Kier molecular flexibility index (Phi) is 4.40. The van der Waals surface area contributed by atoms with Crippen molar-refractivity contribution in [3.05, 3.63) is 59.4 Å². The number of benzene rings is 2. The van der Waals surface area contributed by atoms with Crippen LogP contribution < -0.4 is 0 Å². The summed E-state index contributed by atoms with van der Waals surface area (Å²) in [5, 5.41) is 2.62. The third-order valence-electron chi connectivity index (χ3n) is 4.13. The van der Waals surface area contributed by atoms with Crippen LogP contribution in [0.15, 0.2) is 48.2 Å². The zero-order valence-electron chi connectivity index (χ0n) is 14.3. The van der Waals surface area contributed by atoms with Gasteiger partial charge in [0.2, 0.25) is 0 Å². The topological polar surface area (TPSA) is 20.5 Å². The molecule has 2 aromatic rings. The van der Waals surface area contributed by atoms with Gasteiger partial charge in [0.05, 0.1) is 17.4 Å². The minimum absolute atomic E-state index is 0.00712. The van der Waals surface area contributed by atoms with Crippen LogP contribution in [0.5, 0.6) is 0 Å². The molecule has 0 saturated heterocycles. The van der Waals surface area contributed by atoms with Gasteiger partial charge in [0.15, 0.2) is 0 Å². The number of hydrogen-bond donors (Lipinski definition) is 0. The van der Waals surface area contributed by atoms with Crippen LogP contribution >= 0.6 is 0 Å². The molecule has 120 valence electrons. The Morgan fingerprint density at radius 3 is 2.70 bits per heavy atom. The number of aryl methyl sites for hydroxylation is 1. The zero-order valence-corrected chi connectivity index (χ0v) is 15.5. The fourth-order valence-electron chi connectivity index (χ4n) is 2.85. The van der Waals surface area contributed by atoms with E-state index in [4.69, 9.17) is 8.54 Å². The van der Waals surface area contributed by atoms with Crippen LogP contribution in [0.25, 0.3) is 10.8 Å². The summed E-state index contributed by atoms with van der Waals surface area (Å²) in [5.41, 5.74) is 2.56. The SMILES string of the molecule is CCCc1cccc2cc(C3=[O+][SiH-]OC(C(C)(C)C)=C3)ccc12. The van der Waals surface area contributed by atoms with Crippen molar-refractivity contribution >= 4 is 26.6 Å². The van der Waals surface area contributed by atoms with E-state index in [1.807, 2.05) is 6.08 Å². The molecule has 0 aromatic heterocycles. The molecule has 3 heteroatoms. The van der Waals surface area contributed by atoms with E-state index in [1.54, 1.807) is 0 Å². The van der Waals surface area contributed by atoms with Crippen LogP contribution in [0.2, 0.25) is 0 Å². The second kappa shape index (κ2) is 6.32. The first-order chi connectivity index (χ1) is 11.0. The predicted molar refractivity (Wildman–Crippen MR) is 98.0 cm³/mol. The molecule has 0 bridgehead atoms. The lowest BCUT2D eigenvalue weighted by Crippen LogP contribution is -2.20.